The summed E-state index contributed by atoms with van der Waals surface area (Å²) < 4.78 is 7.87. The quantitative estimate of drug-likeness (QED) is 0.204. The standard InChI is InChI=1S/C24H22ClN5O2S2/c1-3-12-30-22(16(2)32-19-11-7-10-18(25)13-19)28-29-24(30)34-15-21(31)27-23-26-20(14-33-23)17-8-5-4-6-9-17/h3-11,13-14,16H,1,12,15H2,2H3,(H,26,27,31). The smallest absolute Gasteiger partial charge is 0.236 e. The number of amides is 1. The minimum atomic E-state index is -0.374. The van der Waals surface area contributed by atoms with Gasteiger partial charge < -0.3 is 10.1 Å². The second kappa shape index (κ2) is 11.3. The molecule has 1 unspecified atom stereocenters. The topological polar surface area (TPSA) is 81.9 Å². The maximum absolute atomic E-state index is 12.5. The lowest BCUT2D eigenvalue weighted by atomic mass is 10.2. The Labute approximate surface area is 210 Å². The largest absolute Gasteiger partial charge is 0.483 e. The van der Waals surface area contributed by atoms with Crippen molar-refractivity contribution < 1.29 is 9.53 Å². The third kappa shape index (κ3) is 6.05. The van der Waals surface area contributed by atoms with Gasteiger partial charge in [0.1, 0.15) is 5.75 Å². The van der Waals surface area contributed by atoms with Crippen LogP contribution in [0.15, 0.2) is 77.8 Å². The predicted molar refractivity (Wildman–Crippen MR) is 138 cm³/mol. The molecule has 0 spiro atoms. The van der Waals surface area contributed by atoms with Crippen LogP contribution in [0.5, 0.6) is 5.75 Å². The molecule has 174 valence electrons. The molecule has 1 N–H and O–H groups in total. The van der Waals surface area contributed by atoms with Gasteiger partial charge in [-0.05, 0) is 25.1 Å². The van der Waals surface area contributed by atoms with E-state index in [0.29, 0.717) is 33.4 Å². The maximum Gasteiger partial charge on any atom is 0.236 e. The van der Waals surface area contributed by atoms with E-state index in [1.54, 1.807) is 18.2 Å². The van der Waals surface area contributed by atoms with Gasteiger partial charge in [-0.15, -0.1) is 28.1 Å². The zero-order valence-corrected chi connectivity index (χ0v) is 20.7. The number of allylic oxidation sites excluding steroid dienone is 1. The van der Waals surface area contributed by atoms with Crippen LogP contribution in [-0.4, -0.2) is 31.4 Å². The number of rotatable bonds is 10. The number of hydrogen-bond donors (Lipinski definition) is 1. The Bertz CT molecular complexity index is 1280. The molecule has 0 aliphatic heterocycles. The van der Waals surface area contributed by atoms with Crippen molar-refractivity contribution in [2.45, 2.75) is 24.7 Å². The van der Waals surface area contributed by atoms with Crippen molar-refractivity contribution in [1.29, 1.82) is 0 Å². The molecule has 7 nitrogen and oxygen atoms in total. The monoisotopic (exact) mass is 511 g/mol. The Hall–Kier alpha value is -3.14. The second-order valence-electron chi connectivity index (χ2n) is 7.20. The SMILES string of the molecule is C=CCn1c(SCC(=O)Nc2nc(-c3ccccc3)cs2)nnc1C(C)Oc1cccc(Cl)c1. The maximum atomic E-state index is 12.5. The fourth-order valence-corrected chi connectivity index (χ4v) is 4.83. The average molecular weight is 512 g/mol. The molecular weight excluding hydrogens is 490 g/mol. The van der Waals surface area contributed by atoms with Gasteiger partial charge >= 0.3 is 0 Å². The molecule has 10 heteroatoms. The van der Waals surface area contributed by atoms with Gasteiger partial charge in [-0.2, -0.15) is 0 Å². The highest BCUT2D eigenvalue weighted by Gasteiger charge is 2.20. The molecule has 0 aliphatic rings. The van der Waals surface area contributed by atoms with Gasteiger partial charge in [0.25, 0.3) is 0 Å². The highest BCUT2D eigenvalue weighted by Crippen LogP contribution is 2.27. The molecule has 0 fully saturated rings. The number of carbonyl (C=O) groups is 1. The minimum Gasteiger partial charge on any atom is -0.483 e. The van der Waals surface area contributed by atoms with E-state index in [1.807, 2.05) is 59.3 Å². The number of anilines is 1. The molecule has 34 heavy (non-hydrogen) atoms. The summed E-state index contributed by atoms with van der Waals surface area (Å²) in [5.74, 6) is 1.27. The fraction of sp³-hybridized carbons (Fsp3) is 0.167. The molecule has 0 saturated heterocycles. The van der Waals surface area contributed by atoms with Crippen molar-refractivity contribution in [3.8, 4) is 17.0 Å². The number of aromatic nitrogens is 4. The second-order valence-corrected chi connectivity index (χ2v) is 9.44. The van der Waals surface area contributed by atoms with Crippen LogP contribution in [0.3, 0.4) is 0 Å². The van der Waals surface area contributed by atoms with Gasteiger partial charge in [-0.1, -0.05) is 65.8 Å². The summed E-state index contributed by atoms with van der Waals surface area (Å²) in [5.41, 5.74) is 1.84. The van der Waals surface area contributed by atoms with Crippen molar-refractivity contribution in [2.24, 2.45) is 0 Å². The van der Waals surface area contributed by atoms with Crippen LogP contribution in [0.4, 0.5) is 5.13 Å². The molecule has 2 aromatic heterocycles. The first-order valence-corrected chi connectivity index (χ1v) is 12.7. The average Bonchev–Trinajstić information content (AvgIpc) is 3.46. The Balaban J connectivity index is 1.39. The summed E-state index contributed by atoms with van der Waals surface area (Å²) in [6.07, 6.45) is 1.38. The Morgan fingerprint density at radius 3 is 2.85 bits per heavy atom. The van der Waals surface area contributed by atoms with Crippen molar-refractivity contribution in [3.63, 3.8) is 0 Å². The molecule has 2 heterocycles. The number of thioether (sulfide) groups is 1. The van der Waals surface area contributed by atoms with Crippen LogP contribution in [0.2, 0.25) is 5.02 Å². The zero-order valence-electron chi connectivity index (χ0n) is 18.3. The van der Waals surface area contributed by atoms with E-state index in [9.17, 15) is 4.79 Å². The fourth-order valence-electron chi connectivity index (χ4n) is 3.16. The van der Waals surface area contributed by atoms with Gasteiger partial charge in [0.2, 0.25) is 5.91 Å². The van der Waals surface area contributed by atoms with Crippen LogP contribution in [0, 0.1) is 0 Å². The normalized spacial score (nSPS) is 11.7. The third-order valence-electron chi connectivity index (χ3n) is 4.68. The number of hydrogen-bond acceptors (Lipinski definition) is 7. The lowest BCUT2D eigenvalue weighted by molar-refractivity contribution is -0.113. The number of nitrogens with zero attached hydrogens (tertiary/aromatic N) is 4. The summed E-state index contributed by atoms with van der Waals surface area (Å²) in [6.45, 7) is 6.20. The van der Waals surface area contributed by atoms with E-state index in [-0.39, 0.29) is 17.8 Å². The molecule has 0 bridgehead atoms. The van der Waals surface area contributed by atoms with Gasteiger partial charge in [-0.3, -0.25) is 9.36 Å². The van der Waals surface area contributed by atoms with Gasteiger partial charge in [0, 0.05) is 22.5 Å². The van der Waals surface area contributed by atoms with E-state index in [2.05, 4.69) is 27.1 Å². The summed E-state index contributed by atoms with van der Waals surface area (Å²) in [6, 6.07) is 17.0. The van der Waals surface area contributed by atoms with E-state index in [1.165, 1.54) is 23.1 Å². The molecule has 0 radical (unpaired) electrons. The van der Waals surface area contributed by atoms with Crippen LogP contribution < -0.4 is 10.1 Å². The number of nitrogens with one attached hydrogen (secondary N) is 1. The number of benzene rings is 2. The number of carbonyl (C=O) groups excluding carboxylic acids is 1. The summed E-state index contributed by atoms with van der Waals surface area (Å²) in [5, 5.41) is 15.1. The molecule has 1 amide bonds. The lowest BCUT2D eigenvalue weighted by Gasteiger charge is -2.15. The Morgan fingerprint density at radius 1 is 1.26 bits per heavy atom. The first kappa shape index (κ1) is 24.0. The van der Waals surface area contributed by atoms with Gasteiger partial charge in [-0.25, -0.2) is 4.98 Å². The Kier molecular flexibility index (Phi) is 7.99. The van der Waals surface area contributed by atoms with Crippen molar-refractivity contribution in [1.82, 2.24) is 19.7 Å². The highest BCUT2D eigenvalue weighted by molar-refractivity contribution is 7.99. The van der Waals surface area contributed by atoms with Crippen molar-refractivity contribution in [2.75, 3.05) is 11.1 Å². The highest BCUT2D eigenvalue weighted by atomic mass is 35.5. The van der Waals surface area contributed by atoms with E-state index in [0.717, 1.165) is 11.3 Å². The molecule has 4 rings (SSSR count). The van der Waals surface area contributed by atoms with Crippen molar-refractivity contribution >= 4 is 45.7 Å². The first-order valence-electron chi connectivity index (χ1n) is 10.4. The summed E-state index contributed by atoms with van der Waals surface area (Å²) >= 11 is 8.73. The van der Waals surface area contributed by atoms with Crippen LogP contribution in [-0.2, 0) is 11.3 Å². The molecule has 4 aromatic rings. The summed E-state index contributed by atoms with van der Waals surface area (Å²) in [4.78, 5) is 17.0. The minimum absolute atomic E-state index is 0.166. The van der Waals surface area contributed by atoms with Gasteiger partial charge in [0.05, 0.1) is 11.4 Å². The van der Waals surface area contributed by atoms with Crippen LogP contribution in [0.25, 0.3) is 11.3 Å². The van der Waals surface area contributed by atoms with Crippen LogP contribution >= 0.6 is 34.7 Å². The predicted octanol–water partition coefficient (Wildman–Crippen LogP) is 6.11. The first-order chi connectivity index (χ1) is 16.5. The molecule has 0 saturated carbocycles. The molecule has 1 atom stereocenters. The number of thiazole rings is 1. The summed E-state index contributed by atoms with van der Waals surface area (Å²) in [7, 11) is 0. The molecule has 2 aromatic carbocycles. The Morgan fingerprint density at radius 2 is 2.09 bits per heavy atom. The molecular formula is C24H22ClN5O2S2. The molecule has 0 aliphatic carbocycles. The van der Waals surface area contributed by atoms with E-state index >= 15 is 0 Å². The zero-order chi connectivity index (χ0) is 23.9. The third-order valence-corrected chi connectivity index (χ3v) is 6.64. The number of ether oxygens (including phenoxy) is 1. The van der Waals surface area contributed by atoms with Crippen molar-refractivity contribution in [3.05, 3.63) is 83.5 Å². The lowest BCUT2D eigenvalue weighted by Crippen LogP contribution is -2.15. The van der Waals surface area contributed by atoms with Gasteiger partial charge in [0.15, 0.2) is 22.2 Å². The van der Waals surface area contributed by atoms with E-state index in [4.69, 9.17) is 16.3 Å². The number of halogens is 1. The van der Waals surface area contributed by atoms with Crippen LogP contribution in [0.1, 0.15) is 18.9 Å². The van der Waals surface area contributed by atoms with E-state index < -0.39 is 0 Å².